The number of aromatic amines is 1. The van der Waals surface area contributed by atoms with Gasteiger partial charge in [0.15, 0.2) is 5.78 Å². The maximum Gasteiger partial charge on any atom is 0.328 e. The van der Waals surface area contributed by atoms with Crippen molar-refractivity contribution in [2.75, 3.05) is 19.6 Å². The summed E-state index contributed by atoms with van der Waals surface area (Å²) in [5, 5.41) is 0.496. The molecule has 3 aromatic rings. The summed E-state index contributed by atoms with van der Waals surface area (Å²) in [5.41, 5.74) is 0.388. The number of para-hydroxylation sites is 1. The average molecular weight is 454 g/mol. The van der Waals surface area contributed by atoms with Crippen LogP contribution in [0, 0.1) is 11.7 Å². The van der Waals surface area contributed by atoms with Gasteiger partial charge in [-0.1, -0.05) is 12.1 Å². The maximum absolute atomic E-state index is 13.0. The van der Waals surface area contributed by atoms with E-state index in [1.165, 1.54) is 42.7 Å². The Bertz CT molecular complexity index is 1230. The standard InChI is InChI=1S/C22H22FN3O3.C3H6O/c23-17-7-5-15(6-8-17)20(27)16-9-11-25(12-10-16)13-14-26-21(28)18-3-1-2-4-19(18)24-22(26)29;1-3(2)4/h1-8,16H,9-14H2,(H,24,29);1-2H3. The van der Waals surface area contributed by atoms with Crippen LogP contribution in [0.15, 0.2) is 58.1 Å². The van der Waals surface area contributed by atoms with Gasteiger partial charge in [0.2, 0.25) is 0 Å². The number of ketones is 2. The average Bonchev–Trinajstić information content (AvgIpc) is 2.79. The number of fused-ring (bicyclic) bond motifs is 1. The molecule has 7 nitrogen and oxygen atoms in total. The van der Waals surface area contributed by atoms with Gasteiger partial charge in [-0.05, 0) is 76.2 Å². The molecule has 0 saturated carbocycles. The predicted molar refractivity (Wildman–Crippen MR) is 125 cm³/mol. The number of halogens is 1. The Hall–Kier alpha value is -3.39. The Balaban J connectivity index is 0.000000709. The summed E-state index contributed by atoms with van der Waals surface area (Å²) < 4.78 is 14.3. The van der Waals surface area contributed by atoms with Gasteiger partial charge in [0, 0.05) is 24.6 Å². The molecule has 33 heavy (non-hydrogen) atoms. The van der Waals surface area contributed by atoms with Crippen LogP contribution < -0.4 is 11.2 Å². The van der Waals surface area contributed by atoms with E-state index < -0.39 is 5.69 Å². The highest BCUT2D eigenvalue weighted by molar-refractivity contribution is 5.97. The number of rotatable bonds is 5. The fourth-order valence-corrected chi connectivity index (χ4v) is 3.91. The second kappa shape index (κ2) is 11.0. The molecule has 2 heterocycles. The van der Waals surface area contributed by atoms with Crippen LogP contribution in [-0.4, -0.2) is 45.7 Å². The van der Waals surface area contributed by atoms with E-state index in [0.717, 1.165) is 13.1 Å². The molecule has 1 aromatic heterocycles. The molecule has 0 radical (unpaired) electrons. The van der Waals surface area contributed by atoms with Gasteiger partial charge in [0.1, 0.15) is 11.6 Å². The number of nitrogens with one attached hydrogen (secondary N) is 1. The number of aromatic nitrogens is 2. The number of hydrogen-bond donors (Lipinski definition) is 1. The highest BCUT2D eigenvalue weighted by atomic mass is 19.1. The van der Waals surface area contributed by atoms with E-state index in [0.29, 0.717) is 42.4 Å². The predicted octanol–water partition coefficient (Wildman–Crippen LogP) is 3.02. The Morgan fingerprint density at radius 3 is 2.21 bits per heavy atom. The lowest BCUT2D eigenvalue weighted by molar-refractivity contribution is -0.115. The highest BCUT2D eigenvalue weighted by Gasteiger charge is 2.25. The quantitative estimate of drug-likeness (QED) is 0.600. The van der Waals surface area contributed by atoms with Crippen molar-refractivity contribution in [2.45, 2.75) is 33.2 Å². The van der Waals surface area contributed by atoms with Crippen LogP contribution in [-0.2, 0) is 11.3 Å². The molecule has 1 fully saturated rings. The lowest BCUT2D eigenvalue weighted by Crippen LogP contribution is -2.42. The van der Waals surface area contributed by atoms with Crippen molar-refractivity contribution in [2.24, 2.45) is 5.92 Å². The number of carbonyl (C=O) groups excluding carboxylic acids is 2. The molecule has 4 rings (SSSR count). The molecular weight excluding hydrogens is 425 g/mol. The number of nitrogens with zero attached hydrogens (tertiary/aromatic N) is 2. The lowest BCUT2D eigenvalue weighted by Gasteiger charge is -2.31. The lowest BCUT2D eigenvalue weighted by atomic mass is 9.89. The Labute approximate surface area is 190 Å². The van der Waals surface area contributed by atoms with E-state index in [2.05, 4.69) is 9.88 Å². The minimum Gasteiger partial charge on any atom is -0.307 e. The number of piperidine rings is 1. The van der Waals surface area contributed by atoms with Gasteiger partial charge in [-0.2, -0.15) is 0 Å². The second-order valence-electron chi connectivity index (χ2n) is 8.33. The highest BCUT2D eigenvalue weighted by Crippen LogP contribution is 2.22. The summed E-state index contributed by atoms with van der Waals surface area (Å²) in [6.07, 6.45) is 1.42. The minimum absolute atomic E-state index is 0.0480. The Kier molecular flexibility index (Phi) is 8.06. The number of H-pyrrole nitrogens is 1. The Morgan fingerprint density at radius 2 is 1.58 bits per heavy atom. The molecule has 0 aliphatic carbocycles. The number of hydrogen-bond acceptors (Lipinski definition) is 5. The molecule has 174 valence electrons. The van der Waals surface area contributed by atoms with Crippen molar-refractivity contribution in [1.29, 1.82) is 0 Å². The monoisotopic (exact) mass is 453 g/mol. The van der Waals surface area contributed by atoms with Crippen LogP contribution in [0.2, 0.25) is 0 Å². The van der Waals surface area contributed by atoms with Gasteiger partial charge < -0.3 is 14.7 Å². The molecular formula is C25H28FN3O4. The second-order valence-corrected chi connectivity index (χ2v) is 8.33. The third-order valence-electron chi connectivity index (χ3n) is 5.62. The fraction of sp³-hybridized carbons (Fsp3) is 0.360. The van der Waals surface area contributed by atoms with Crippen molar-refractivity contribution in [1.82, 2.24) is 14.5 Å². The van der Waals surface area contributed by atoms with Crippen molar-refractivity contribution in [3.63, 3.8) is 0 Å². The van der Waals surface area contributed by atoms with E-state index in [9.17, 15) is 23.6 Å². The summed E-state index contributed by atoms with van der Waals surface area (Å²) in [6, 6.07) is 12.6. The van der Waals surface area contributed by atoms with Crippen molar-refractivity contribution < 1.29 is 14.0 Å². The zero-order valence-electron chi connectivity index (χ0n) is 18.8. The van der Waals surface area contributed by atoms with E-state index in [1.54, 1.807) is 24.3 Å². The number of carbonyl (C=O) groups is 2. The first-order chi connectivity index (χ1) is 15.8. The molecule has 1 N–H and O–H groups in total. The van der Waals surface area contributed by atoms with Gasteiger partial charge in [-0.25, -0.2) is 9.18 Å². The van der Waals surface area contributed by atoms with Crippen LogP contribution >= 0.6 is 0 Å². The van der Waals surface area contributed by atoms with E-state index >= 15 is 0 Å². The summed E-state index contributed by atoms with van der Waals surface area (Å²) in [4.78, 5) is 51.8. The van der Waals surface area contributed by atoms with Crippen LogP contribution in [0.3, 0.4) is 0 Å². The van der Waals surface area contributed by atoms with Crippen LogP contribution in [0.1, 0.15) is 37.0 Å². The smallest absolute Gasteiger partial charge is 0.307 e. The summed E-state index contributed by atoms with van der Waals surface area (Å²) >= 11 is 0. The summed E-state index contributed by atoms with van der Waals surface area (Å²) in [7, 11) is 0. The topological polar surface area (TPSA) is 92.2 Å². The molecule has 0 amide bonds. The van der Waals surface area contributed by atoms with Gasteiger partial charge >= 0.3 is 5.69 Å². The van der Waals surface area contributed by atoms with Crippen molar-refractivity contribution in [3.05, 3.63) is 80.7 Å². The molecule has 0 atom stereocenters. The molecule has 8 heteroatoms. The summed E-state index contributed by atoms with van der Waals surface area (Å²) in [6.45, 7) is 5.37. The molecule has 0 unspecified atom stereocenters. The molecule has 1 aliphatic rings. The largest absolute Gasteiger partial charge is 0.328 e. The van der Waals surface area contributed by atoms with Crippen molar-refractivity contribution in [3.8, 4) is 0 Å². The van der Waals surface area contributed by atoms with Crippen molar-refractivity contribution >= 4 is 22.5 Å². The zero-order chi connectivity index (χ0) is 24.0. The normalized spacial score (nSPS) is 14.5. The number of likely N-dealkylation sites (tertiary alicyclic amines) is 1. The molecule has 1 saturated heterocycles. The number of benzene rings is 2. The number of Topliss-reactive ketones (excluding diaryl/α,β-unsaturated/α-hetero) is 2. The first-order valence-corrected chi connectivity index (χ1v) is 11.0. The molecule has 0 bridgehead atoms. The zero-order valence-corrected chi connectivity index (χ0v) is 18.8. The third-order valence-corrected chi connectivity index (χ3v) is 5.62. The van der Waals surface area contributed by atoms with E-state index in [1.807, 2.05) is 0 Å². The first-order valence-electron chi connectivity index (χ1n) is 11.0. The maximum atomic E-state index is 13.0. The first kappa shape index (κ1) is 24.3. The minimum atomic E-state index is -0.407. The molecule has 0 spiro atoms. The van der Waals surface area contributed by atoms with E-state index in [-0.39, 0.29) is 28.9 Å². The van der Waals surface area contributed by atoms with Gasteiger partial charge in [0.05, 0.1) is 10.9 Å². The fourth-order valence-electron chi connectivity index (χ4n) is 3.91. The molecule has 1 aliphatic heterocycles. The SMILES string of the molecule is CC(C)=O.O=C(c1ccc(F)cc1)C1CCN(CCn2c(=O)[nH]c3ccccc3c2=O)CC1. The van der Waals surface area contributed by atoms with Gasteiger partial charge in [0.25, 0.3) is 5.56 Å². The van der Waals surface area contributed by atoms with Gasteiger partial charge in [-0.15, -0.1) is 0 Å². The van der Waals surface area contributed by atoms with Crippen LogP contribution in [0.25, 0.3) is 10.9 Å². The van der Waals surface area contributed by atoms with Crippen LogP contribution in [0.5, 0.6) is 0 Å². The summed E-state index contributed by atoms with van der Waals surface area (Å²) in [5.74, 6) is -0.217. The molecule has 2 aromatic carbocycles. The third kappa shape index (κ3) is 6.32. The van der Waals surface area contributed by atoms with E-state index in [4.69, 9.17) is 0 Å². The Morgan fingerprint density at radius 1 is 0.970 bits per heavy atom. The van der Waals surface area contributed by atoms with Crippen LogP contribution in [0.4, 0.5) is 4.39 Å². The van der Waals surface area contributed by atoms with Gasteiger partial charge in [-0.3, -0.25) is 14.2 Å².